The molecule has 0 radical (unpaired) electrons. The van der Waals surface area contributed by atoms with Crippen LogP contribution in [0.4, 0.5) is 10.7 Å². The standard InChI is InChI=1S/C27H26N8O2/c1-17-3-4-19(11-28)20(9-17)15-35-24-10-18(5-6-23(24)25(36)32(35)2)21-12-29-26(30-13-21)33-7-8-34-22(16-33)14-31-27(34)37/h3-6,9-10,12-13,22H,7-8,14-16H2,1-2H3,(H,31,37)/t22-/m0/s1. The van der Waals surface area contributed by atoms with Gasteiger partial charge in [-0.25, -0.2) is 14.8 Å². The fraction of sp³-hybridized carbons (Fsp3) is 0.296. The van der Waals surface area contributed by atoms with Crippen molar-refractivity contribution >= 4 is 22.9 Å². The number of hydrogen-bond acceptors (Lipinski definition) is 6. The van der Waals surface area contributed by atoms with Crippen LogP contribution in [0.1, 0.15) is 16.7 Å². The second-order valence-corrected chi connectivity index (χ2v) is 9.64. The fourth-order valence-electron chi connectivity index (χ4n) is 5.29. The maximum atomic E-state index is 12.9. The van der Waals surface area contributed by atoms with Crippen molar-refractivity contribution in [2.75, 3.05) is 31.1 Å². The lowest BCUT2D eigenvalue weighted by Gasteiger charge is -2.36. The number of nitrogens with one attached hydrogen (secondary N) is 1. The Morgan fingerprint density at radius 1 is 1.08 bits per heavy atom. The highest BCUT2D eigenvalue weighted by Gasteiger charge is 2.36. The molecule has 2 amide bonds. The van der Waals surface area contributed by atoms with Crippen molar-refractivity contribution in [3.05, 3.63) is 75.8 Å². The van der Waals surface area contributed by atoms with Gasteiger partial charge in [0.1, 0.15) is 0 Å². The van der Waals surface area contributed by atoms with Gasteiger partial charge in [0, 0.05) is 51.2 Å². The largest absolute Gasteiger partial charge is 0.337 e. The first-order valence-electron chi connectivity index (χ1n) is 12.2. The lowest BCUT2D eigenvalue weighted by molar-refractivity contribution is 0.197. The first-order valence-corrected chi connectivity index (χ1v) is 12.2. The summed E-state index contributed by atoms with van der Waals surface area (Å²) < 4.78 is 3.50. The highest BCUT2D eigenvalue weighted by Crippen LogP contribution is 2.25. The maximum Gasteiger partial charge on any atom is 0.317 e. The average molecular weight is 495 g/mol. The molecule has 0 saturated carbocycles. The summed E-state index contributed by atoms with van der Waals surface area (Å²) in [5.74, 6) is 0.643. The number of hydrogen-bond donors (Lipinski definition) is 1. The third kappa shape index (κ3) is 3.89. The van der Waals surface area contributed by atoms with Gasteiger partial charge in [0.05, 0.1) is 35.1 Å². The van der Waals surface area contributed by atoms with Crippen molar-refractivity contribution in [3.8, 4) is 17.2 Å². The number of rotatable bonds is 4. The molecule has 0 spiro atoms. The van der Waals surface area contributed by atoms with E-state index < -0.39 is 0 Å². The van der Waals surface area contributed by atoms with Crippen LogP contribution >= 0.6 is 0 Å². The molecule has 0 unspecified atom stereocenters. The zero-order chi connectivity index (χ0) is 25.7. The fourth-order valence-corrected chi connectivity index (χ4v) is 5.29. The van der Waals surface area contributed by atoms with Crippen LogP contribution in [0.5, 0.6) is 0 Å². The number of piperazine rings is 1. The molecule has 4 aromatic rings. The first kappa shape index (κ1) is 22.8. The summed E-state index contributed by atoms with van der Waals surface area (Å²) in [6.07, 6.45) is 3.60. The summed E-state index contributed by atoms with van der Waals surface area (Å²) in [5, 5.41) is 13.1. The molecule has 6 rings (SSSR count). The van der Waals surface area contributed by atoms with Gasteiger partial charge in [0.2, 0.25) is 5.95 Å². The highest BCUT2D eigenvalue weighted by atomic mass is 16.2. The lowest BCUT2D eigenvalue weighted by atomic mass is 10.0. The summed E-state index contributed by atoms with van der Waals surface area (Å²) in [7, 11) is 1.74. The number of nitrogens with zero attached hydrogens (tertiary/aromatic N) is 7. The maximum absolute atomic E-state index is 12.9. The van der Waals surface area contributed by atoms with Gasteiger partial charge in [-0.15, -0.1) is 0 Å². The van der Waals surface area contributed by atoms with Crippen molar-refractivity contribution in [1.29, 1.82) is 5.26 Å². The van der Waals surface area contributed by atoms with Crippen LogP contribution in [-0.4, -0.2) is 62.5 Å². The van der Waals surface area contributed by atoms with Crippen LogP contribution in [0.2, 0.25) is 0 Å². The summed E-state index contributed by atoms with van der Waals surface area (Å²) in [6, 6.07) is 13.8. The number of urea groups is 1. The number of fused-ring (bicyclic) bond motifs is 2. The monoisotopic (exact) mass is 494 g/mol. The van der Waals surface area contributed by atoms with Crippen LogP contribution in [0.25, 0.3) is 22.0 Å². The molecule has 10 heteroatoms. The first-order chi connectivity index (χ1) is 17.9. The van der Waals surface area contributed by atoms with E-state index in [1.807, 2.05) is 52.9 Å². The smallest absolute Gasteiger partial charge is 0.317 e. The number of aryl methyl sites for hydroxylation is 1. The molecule has 0 aliphatic carbocycles. The minimum absolute atomic E-state index is 0.00180. The Kier molecular flexibility index (Phi) is 5.41. The van der Waals surface area contributed by atoms with Crippen molar-refractivity contribution in [2.45, 2.75) is 19.5 Å². The molecule has 1 atom stereocenters. The van der Waals surface area contributed by atoms with Gasteiger partial charge in [0.15, 0.2) is 0 Å². The normalized spacial score (nSPS) is 17.1. The lowest BCUT2D eigenvalue weighted by Crippen LogP contribution is -2.52. The summed E-state index contributed by atoms with van der Waals surface area (Å²) in [6.45, 7) is 5.08. The van der Waals surface area contributed by atoms with Crippen LogP contribution in [0.3, 0.4) is 0 Å². The number of benzene rings is 2. The molecule has 1 N–H and O–H groups in total. The molecule has 10 nitrogen and oxygen atoms in total. The predicted molar refractivity (Wildman–Crippen MR) is 139 cm³/mol. The van der Waals surface area contributed by atoms with Crippen LogP contribution < -0.4 is 15.8 Å². The van der Waals surface area contributed by atoms with Gasteiger partial charge >= 0.3 is 6.03 Å². The molecule has 2 aliphatic heterocycles. The van der Waals surface area contributed by atoms with E-state index in [0.717, 1.165) is 27.8 Å². The minimum atomic E-state index is -0.0849. The second kappa shape index (κ2) is 8.78. The number of anilines is 1. The van der Waals surface area contributed by atoms with Crippen LogP contribution in [-0.2, 0) is 13.6 Å². The van der Waals surface area contributed by atoms with E-state index in [0.29, 0.717) is 49.6 Å². The quantitative estimate of drug-likeness (QED) is 0.466. The zero-order valence-electron chi connectivity index (χ0n) is 20.7. The van der Waals surface area contributed by atoms with Gasteiger partial charge in [-0.2, -0.15) is 5.26 Å². The van der Waals surface area contributed by atoms with Crippen molar-refractivity contribution < 1.29 is 4.79 Å². The second-order valence-electron chi connectivity index (χ2n) is 9.64. The molecule has 2 fully saturated rings. The Hall–Kier alpha value is -4.65. The Morgan fingerprint density at radius 2 is 1.89 bits per heavy atom. The molecule has 2 aromatic heterocycles. The molecule has 2 aliphatic rings. The SMILES string of the molecule is Cc1ccc(C#N)c(Cn2c3cc(-c4cnc(N5CCN6C(=O)NC[C@H]6C5)nc4)ccc3c(=O)n2C)c1. The van der Waals surface area contributed by atoms with Gasteiger partial charge in [-0.1, -0.05) is 23.8 Å². The van der Waals surface area contributed by atoms with E-state index in [9.17, 15) is 14.9 Å². The van der Waals surface area contributed by atoms with Crippen molar-refractivity contribution in [2.24, 2.45) is 7.05 Å². The number of aromatic nitrogens is 4. The summed E-state index contributed by atoms with van der Waals surface area (Å²) >= 11 is 0. The van der Waals surface area contributed by atoms with Crippen LogP contribution in [0.15, 0.2) is 53.6 Å². The van der Waals surface area contributed by atoms with Gasteiger partial charge in [-0.3, -0.25) is 14.2 Å². The van der Waals surface area contributed by atoms with E-state index >= 15 is 0 Å². The Labute approximate surface area is 213 Å². The van der Waals surface area contributed by atoms with Crippen molar-refractivity contribution in [1.82, 2.24) is 29.5 Å². The third-order valence-corrected chi connectivity index (χ3v) is 7.35. The Morgan fingerprint density at radius 3 is 2.68 bits per heavy atom. The molecular weight excluding hydrogens is 468 g/mol. The summed E-state index contributed by atoms with van der Waals surface area (Å²) in [5.41, 5.74) is 4.97. The van der Waals surface area contributed by atoms with E-state index in [4.69, 9.17) is 0 Å². The summed E-state index contributed by atoms with van der Waals surface area (Å²) in [4.78, 5) is 38.0. The molecule has 0 bridgehead atoms. The van der Waals surface area contributed by atoms with E-state index in [2.05, 4.69) is 26.3 Å². The van der Waals surface area contributed by atoms with Gasteiger partial charge in [-0.05, 0) is 36.2 Å². The minimum Gasteiger partial charge on any atom is -0.337 e. The molecule has 37 heavy (non-hydrogen) atoms. The molecule has 2 saturated heterocycles. The number of nitriles is 1. The Balaban J connectivity index is 1.31. The van der Waals surface area contributed by atoms with E-state index in [-0.39, 0.29) is 17.6 Å². The topological polar surface area (TPSA) is 112 Å². The number of amides is 2. The van der Waals surface area contributed by atoms with E-state index in [1.165, 1.54) is 0 Å². The third-order valence-electron chi connectivity index (χ3n) is 7.35. The molecule has 2 aromatic carbocycles. The molecule has 186 valence electrons. The average Bonchev–Trinajstić information content (AvgIpc) is 3.41. The van der Waals surface area contributed by atoms with Gasteiger partial charge < -0.3 is 15.1 Å². The van der Waals surface area contributed by atoms with Crippen LogP contribution in [0, 0.1) is 18.3 Å². The van der Waals surface area contributed by atoms with E-state index in [1.54, 1.807) is 24.1 Å². The molecule has 4 heterocycles. The zero-order valence-corrected chi connectivity index (χ0v) is 20.7. The number of carbonyl (C=O) groups is 1. The molecular formula is C27H26N8O2. The van der Waals surface area contributed by atoms with Crippen molar-refractivity contribution in [3.63, 3.8) is 0 Å². The predicted octanol–water partition coefficient (Wildman–Crippen LogP) is 2.24. The number of carbonyl (C=O) groups excluding carboxylic acids is 1. The Bertz CT molecular complexity index is 1630. The highest BCUT2D eigenvalue weighted by molar-refractivity contribution is 5.84. The van der Waals surface area contributed by atoms with Gasteiger partial charge in [0.25, 0.3) is 5.56 Å².